The Morgan fingerprint density at radius 2 is 2.11 bits per heavy atom. The van der Waals surface area contributed by atoms with Crippen LogP contribution in [0.25, 0.3) is 0 Å². The summed E-state index contributed by atoms with van der Waals surface area (Å²) in [6, 6.07) is -0.617. The van der Waals surface area contributed by atoms with Gasteiger partial charge in [-0.25, -0.2) is 19.1 Å². The second-order valence-electron chi connectivity index (χ2n) is 8.94. The molecule has 2 amide bonds. The maximum atomic E-state index is 12.9. The number of nitrogens with one attached hydrogen (secondary N) is 1. The molecular formula is C20H28N4O2S2. The zero-order chi connectivity index (χ0) is 20.1. The van der Waals surface area contributed by atoms with Gasteiger partial charge >= 0.3 is 6.03 Å². The summed E-state index contributed by atoms with van der Waals surface area (Å²) in [5, 5.41) is 9.83. The molecule has 1 aromatic rings. The number of allylic oxidation sites excluding steroid dienone is 2. The molecule has 3 atom stereocenters. The summed E-state index contributed by atoms with van der Waals surface area (Å²) in [5.74, 6) is 0.348. The van der Waals surface area contributed by atoms with E-state index in [4.69, 9.17) is 5.14 Å². The fourth-order valence-corrected chi connectivity index (χ4v) is 6.62. The fourth-order valence-electron chi connectivity index (χ4n) is 4.49. The van der Waals surface area contributed by atoms with Gasteiger partial charge < -0.3 is 5.32 Å². The lowest BCUT2D eigenvalue weighted by Gasteiger charge is -2.31. The number of carbonyl (C=O) groups is 1. The predicted molar refractivity (Wildman–Crippen MR) is 112 cm³/mol. The molecule has 0 spiro atoms. The normalized spacial score (nSPS) is 26.4. The molecule has 0 aromatic carbocycles. The van der Waals surface area contributed by atoms with Gasteiger partial charge in [0.05, 0.1) is 17.2 Å². The SMILES string of the molecule is CC(C)(C)c1ncc(S(N)(=O)=NC(=O)NC2C3=C(C=C4CCCC42)CCC3)s1. The average molecular weight is 421 g/mol. The number of carbonyl (C=O) groups excluding carboxylic acids is 1. The van der Waals surface area contributed by atoms with E-state index in [1.807, 2.05) is 20.8 Å². The summed E-state index contributed by atoms with van der Waals surface area (Å²) in [5.41, 5.74) is 3.98. The molecule has 6 nitrogen and oxygen atoms in total. The van der Waals surface area contributed by atoms with E-state index < -0.39 is 15.9 Å². The van der Waals surface area contributed by atoms with E-state index >= 15 is 0 Å². The van der Waals surface area contributed by atoms with Gasteiger partial charge in [0.15, 0.2) is 9.92 Å². The van der Waals surface area contributed by atoms with E-state index in [0.29, 0.717) is 10.1 Å². The van der Waals surface area contributed by atoms with Crippen LogP contribution in [0.5, 0.6) is 0 Å². The Hall–Kier alpha value is -1.51. The number of thiazole rings is 1. The largest absolute Gasteiger partial charge is 0.350 e. The number of urea groups is 1. The number of hydrogen-bond acceptors (Lipinski definition) is 4. The third kappa shape index (κ3) is 3.69. The summed E-state index contributed by atoms with van der Waals surface area (Å²) in [4.78, 5) is 17.0. The van der Waals surface area contributed by atoms with Gasteiger partial charge in [-0.3, -0.25) is 0 Å². The first-order valence-corrected chi connectivity index (χ1v) is 12.3. The molecule has 4 rings (SSSR count). The molecular weight excluding hydrogens is 392 g/mol. The zero-order valence-corrected chi connectivity index (χ0v) is 18.3. The van der Waals surface area contributed by atoms with Crippen molar-refractivity contribution in [1.29, 1.82) is 0 Å². The first-order chi connectivity index (χ1) is 13.1. The number of hydrogen-bond donors (Lipinski definition) is 2. The van der Waals surface area contributed by atoms with Gasteiger partial charge in [-0.05, 0) is 49.7 Å². The van der Waals surface area contributed by atoms with E-state index in [9.17, 15) is 9.00 Å². The summed E-state index contributed by atoms with van der Waals surface area (Å²) in [6.07, 6.45) is 10.4. The van der Waals surface area contributed by atoms with Crippen molar-refractivity contribution in [3.8, 4) is 0 Å². The Labute approximate surface area is 171 Å². The number of aromatic nitrogens is 1. The number of fused-ring (bicyclic) bond motifs is 1. The van der Waals surface area contributed by atoms with E-state index in [2.05, 4.69) is 20.7 Å². The van der Waals surface area contributed by atoms with E-state index in [0.717, 1.165) is 43.5 Å². The van der Waals surface area contributed by atoms with Crippen molar-refractivity contribution >= 4 is 27.3 Å². The maximum Gasteiger partial charge on any atom is 0.350 e. The molecule has 28 heavy (non-hydrogen) atoms. The monoisotopic (exact) mass is 420 g/mol. The highest BCUT2D eigenvalue weighted by Crippen LogP contribution is 2.45. The lowest BCUT2D eigenvalue weighted by molar-refractivity contribution is 0.244. The Morgan fingerprint density at radius 3 is 2.82 bits per heavy atom. The van der Waals surface area contributed by atoms with Gasteiger partial charge in [0.1, 0.15) is 4.21 Å². The third-order valence-corrected chi connectivity index (χ3v) is 9.11. The van der Waals surface area contributed by atoms with Crippen LogP contribution < -0.4 is 10.5 Å². The minimum absolute atomic E-state index is 0.0296. The fraction of sp³-hybridized carbons (Fsp3) is 0.600. The molecule has 3 N–H and O–H groups in total. The van der Waals surface area contributed by atoms with Crippen LogP contribution in [-0.4, -0.2) is 21.3 Å². The Bertz CT molecular complexity index is 990. The van der Waals surface area contributed by atoms with Gasteiger partial charge in [-0.1, -0.05) is 32.4 Å². The molecule has 0 saturated heterocycles. The molecule has 0 aliphatic heterocycles. The first-order valence-electron chi connectivity index (χ1n) is 9.89. The van der Waals surface area contributed by atoms with Crippen molar-refractivity contribution in [3.05, 3.63) is 34.0 Å². The van der Waals surface area contributed by atoms with Crippen LogP contribution in [0.3, 0.4) is 0 Å². The number of nitrogens with two attached hydrogens (primary N) is 1. The number of rotatable bonds is 2. The highest BCUT2D eigenvalue weighted by molar-refractivity contribution is 7.93. The quantitative estimate of drug-likeness (QED) is 0.740. The molecule has 1 saturated carbocycles. The molecule has 8 heteroatoms. The van der Waals surface area contributed by atoms with Gasteiger partial charge in [0, 0.05) is 11.3 Å². The van der Waals surface area contributed by atoms with E-state index in [1.54, 1.807) is 0 Å². The molecule has 152 valence electrons. The van der Waals surface area contributed by atoms with Gasteiger partial charge in [0.25, 0.3) is 0 Å². The predicted octanol–water partition coefficient (Wildman–Crippen LogP) is 4.44. The standard InChI is InChI=1S/C20H28N4O2S2/c1-20(2,3)18-22-11-16(27-18)28(21,26)24-19(25)23-17-14-8-4-6-12(14)10-13-7-5-9-15(13)17/h10-11,14,17H,4-9H2,1-3H3,(H3,21,23,24,25,26). The summed E-state index contributed by atoms with van der Waals surface area (Å²) in [6.45, 7) is 6.08. The van der Waals surface area contributed by atoms with Crippen LogP contribution in [0.1, 0.15) is 64.3 Å². The van der Waals surface area contributed by atoms with Crippen molar-refractivity contribution in [2.75, 3.05) is 0 Å². The summed E-state index contributed by atoms with van der Waals surface area (Å²) >= 11 is 1.26. The molecule has 1 heterocycles. The minimum atomic E-state index is -3.31. The van der Waals surface area contributed by atoms with Crippen molar-refractivity contribution in [3.63, 3.8) is 0 Å². The third-order valence-electron chi connectivity index (χ3n) is 5.81. The van der Waals surface area contributed by atoms with Gasteiger partial charge in [-0.15, -0.1) is 15.7 Å². The lowest BCUT2D eigenvalue weighted by Crippen LogP contribution is -2.42. The van der Waals surface area contributed by atoms with Crippen molar-refractivity contribution in [2.24, 2.45) is 15.4 Å². The Balaban J connectivity index is 1.57. The van der Waals surface area contributed by atoms with Crippen LogP contribution in [0.4, 0.5) is 4.79 Å². The summed E-state index contributed by atoms with van der Waals surface area (Å²) < 4.78 is 17.2. The van der Waals surface area contributed by atoms with Crippen LogP contribution in [-0.2, 0) is 15.3 Å². The van der Waals surface area contributed by atoms with Crippen LogP contribution in [0.15, 0.2) is 37.6 Å². The van der Waals surface area contributed by atoms with Gasteiger partial charge in [0.2, 0.25) is 0 Å². The van der Waals surface area contributed by atoms with Crippen LogP contribution >= 0.6 is 11.3 Å². The van der Waals surface area contributed by atoms with Crippen molar-refractivity contribution in [2.45, 2.75) is 75.0 Å². The molecule has 1 fully saturated rings. The highest BCUT2D eigenvalue weighted by atomic mass is 32.2. The van der Waals surface area contributed by atoms with Gasteiger partial charge in [-0.2, -0.15) is 0 Å². The van der Waals surface area contributed by atoms with E-state index in [1.165, 1.54) is 34.3 Å². The smallest absolute Gasteiger partial charge is 0.329 e. The topological polar surface area (TPSA) is 97.4 Å². The Morgan fingerprint density at radius 1 is 1.32 bits per heavy atom. The molecule has 3 unspecified atom stereocenters. The van der Waals surface area contributed by atoms with Crippen molar-refractivity contribution < 1.29 is 9.00 Å². The average Bonchev–Trinajstić information content (AvgIpc) is 3.33. The van der Waals surface area contributed by atoms with E-state index in [-0.39, 0.29) is 11.5 Å². The molecule has 1 aromatic heterocycles. The molecule has 0 radical (unpaired) electrons. The second kappa shape index (κ2) is 7.07. The molecule has 3 aliphatic rings. The Kier molecular flexibility index (Phi) is 5.00. The molecule has 3 aliphatic carbocycles. The number of amides is 2. The van der Waals surface area contributed by atoms with Crippen LogP contribution in [0, 0.1) is 5.92 Å². The second-order valence-corrected chi connectivity index (χ2v) is 12.0. The molecule has 0 bridgehead atoms. The highest BCUT2D eigenvalue weighted by Gasteiger charge is 2.38. The maximum absolute atomic E-state index is 12.9. The zero-order valence-electron chi connectivity index (χ0n) is 16.7. The number of nitrogens with zero attached hydrogens (tertiary/aromatic N) is 2. The van der Waals surface area contributed by atoms with Crippen molar-refractivity contribution in [1.82, 2.24) is 10.3 Å². The first kappa shape index (κ1) is 19.8. The summed E-state index contributed by atoms with van der Waals surface area (Å²) in [7, 11) is -3.31. The minimum Gasteiger partial charge on any atom is -0.329 e. The van der Waals surface area contributed by atoms with Crippen LogP contribution in [0.2, 0.25) is 0 Å². The lowest BCUT2D eigenvalue weighted by atomic mass is 9.82.